The number of esters is 1. The van der Waals surface area contributed by atoms with Crippen LogP contribution in [0.5, 0.6) is 0 Å². The Balaban J connectivity index is 4.58. The van der Waals surface area contributed by atoms with E-state index in [0.717, 1.165) is 89.9 Å². The van der Waals surface area contributed by atoms with E-state index < -0.39 is 18.2 Å². The number of carbonyl (C=O) groups excluding carboxylic acids is 2. The van der Waals surface area contributed by atoms with Crippen molar-refractivity contribution in [1.29, 1.82) is 0 Å². The summed E-state index contributed by atoms with van der Waals surface area (Å²) in [5, 5.41) is 23.9. The van der Waals surface area contributed by atoms with Crippen molar-refractivity contribution < 1.29 is 24.5 Å². The number of rotatable bonds is 51. The minimum atomic E-state index is -0.796. The van der Waals surface area contributed by atoms with Gasteiger partial charge in [0.1, 0.15) is 6.10 Å². The molecule has 0 aliphatic rings. The molecule has 0 spiro atoms. The number of hydrogen-bond acceptors (Lipinski definition) is 5. The molecule has 3 atom stereocenters. The van der Waals surface area contributed by atoms with Gasteiger partial charge in [0.15, 0.2) is 0 Å². The van der Waals surface area contributed by atoms with Crippen LogP contribution in [0.25, 0.3) is 0 Å². The van der Waals surface area contributed by atoms with Gasteiger partial charge in [-0.1, -0.05) is 255 Å². The zero-order chi connectivity index (χ0) is 48.1. The number of nitrogens with one attached hydrogen (secondary N) is 1. The van der Waals surface area contributed by atoms with Gasteiger partial charge < -0.3 is 20.3 Å². The lowest BCUT2D eigenvalue weighted by Gasteiger charge is -2.24. The van der Waals surface area contributed by atoms with Crippen LogP contribution in [-0.2, 0) is 14.3 Å². The smallest absolute Gasteiger partial charge is 0.306 e. The van der Waals surface area contributed by atoms with Gasteiger partial charge in [-0.25, -0.2) is 0 Å². The SMILES string of the molecule is CCCCC/C=C/C=C/C=C/C=C/CCCCCCCC(=O)OC(CCCCCCC/C=C\CCCCCC)CC(=O)NC(CO)C(O)CCCCCCCCCCCCCCCCCC. The second kappa shape index (κ2) is 53.5. The highest BCUT2D eigenvalue weighted by Crippen LogP contribution is 2.18. The van der Waals surface area contributed by atoms with Gasteiger partial charge in [-0.05, 0) is 77.0 Å². The lowest BCUT2D eigenvalue weighted by molar-refractivity contribution is -0.151. The first-order chi connectivity index (χ1) is 32.5. The molecule has 0 saturated carbocycles. The molecule has 384 valence electrons. The van der Waals surface area contributed by atoms with Crippen molar-refractivity contribution in [2.75, 3.05) is 6.61 Å². The van der Waals surface area contributed by atoms with Gasteiger partial charge in [0.05, 0.1) is 25.2 Å². The van der Waals surface area contributed by atoms with Crippen LogP contribution in [0.3, 0.4) is 0 Å². The van der Waals surface area contributed by atoms with Crippen LogP contribution in [0, 0.1) is 0 Å². The van der Waals surface area contributed by atoms with Crippen molar-refractivity contribution in [2.45, 2.75) is 302 Å². The number of aliphatic hydroxyl groups excluding tert-OH is 2. The Labute approximate surface area is 409 Å². The Morgan fingerprint density at radius 2 is 0.788 bits per heavy atom. The van der Waals surface area contributed by atoms with Crippen LogP contribution >= 0.6 is 0 Å². The maximum absolute atomic E-state index is 13.3. The Morgan fingerprint density at radius 3 is 1.26 bits per heavy atom. The highest BCUT2D eigenvalue weighted by molar-refractivity contribution is 5.77. The molecular weight excluding hydrogens is 815 g/mol. The average molecular weight is 925 g/mol. The van der Waals surface area contributed by atoms with Crippen LogP contribution < -0.4 is 5.32 Å². The maximum Gasteiger partial charge on any atom is 0.306 e. The summed E-state index contributed by atoms with van der Waals surface area (Å²) in [7, 11) is 0. The van der Waals surface area contributed by atoms with E-state index in [-0.39, 0.29) is 24.9 Å². The molecule has 6 nitrogen and oxygen atoms in total. The molecule has 0 aliphatic carbocycles. The first kappa shape index (κ1) is 63.6. The van der Waals surface area contributed by atoms with Gasteiger partial charge in [0.2, 0.25) is 5.91 Å². The standard InChI is InChI=1S/C60H109NO5/c1-4-7-10-13-16-19-22-25-27-29-30-32-35-38-41-44-47-50-53-60(65)66-56(51-48-45-42-39-36-33-24-21-18-15-12-9-6-3)54-59(64)61-57(55-62)58(63)52-49-46-43-40-37-34-31-28-26-23-20-17-14-11-8-5-2/h16,19,21-22,24-25,27,29-30,32,56-58,62-63H,4-15,17-18,20,23,26,28,31,33-55H2,1-3H3,(H,61,64)/b19-16+,24-21-,25-22+,29-27+,32-30+. The van der Waals surface area contributed by atoms with E-state index in [4.69, 9.17) is 4.74 Å². The molecule has 0 aromatic carbocycles. The number of amides is 1. The fourth-order valence-corrected chi connectivity index (χ4v) is 8.56. The second-order valence-electron chi connectivity index (χ2n) is 19.4. The molecule has 0 fully saturated rings. The second-order valence-corrected chi connectivity index (χ2v) is 19.4. The lowest BCUT2D eigenvalue weighted by atomic mass is 10.0. The molecule has 0 aromatic heterocycles. The minimum absolute atomic E-state index is 0.0617. The number of ether oxygens (including phenoxy) is 1. The predicted molar refractivity (Wildman–Crippen MR) is 287 cm³/mol. The molecule has 0 aliphatic heterocycles. The first-order valence-electron chi connectivity index (χ1n) is 28.6. The molecule has 66 heavy (non-hydrogen) atoms. The molecule has 0 bridgehead atoms. The third-order valence-electron chi connectivity index (χ3n) is 12.9. The molecule has 0 rings (SSSR count). The number of carbonyl (C=O) groups is 2. The zero-order valence-electron chi connectivity index (χ0n) is 43.8. The summed E-state index contributed by atoms with van der Waals surface area (Å²) >= 11 is 0. The van der Waals surface area contributed by atoms with Crippen molar-refractivity contribution in [3.63, 3.8) is 0 Å². The molecule has 3 unspecified atom stereocenters. The summed E-state index contributed by atoms with van der Waals surface area (Å²) < 4.78 is 5.94. The summed E-state index contributed by atoms with van der Waals surface area (Å²) in [6, 6.07) is -0.711. The minimum Gasteiger partial charge on any atom is -0.462 e. The van der Waals surface area contributed by atoms with Crippen LogP contribution in [0.2, 0.25) is 0 Å². The predicted octanol–water partition coefficient (Wildman–Crippen LogP) is 17.6. The highest BCUT2D eigenvalue weighted by atomic mass is 16.5. The highest BCUT2D eigenvalue weighted by Gasteiger charge is 2.24. The van der Waals surface area contributed by atoms with Gasteiger partial charge in [-0.2, -0.15) is 0 Å². The topological polar surface area (TPSA) is 95.9 Å². The Kier molecular flexibility index (Phi) is 51.5. The van der Waals surface area contributed by atoms with E-state index >= 15 is 0 Å². The third kappa shape index (κ3) is 48.0. The Morgan fingerprint density at radius 1 is 0.439 bits per heavy atom. The molecule has 6 heteroatoms. The maximum atomic E-state index is 13.3. The van der Waals surface area contributed by atoms with Crippen molar-refractivity contribution in [3.05, 3.63) is 60.8 Å². The van der Waals surface area contributed by atoms with Gasteiger partial charge in [0, 0.05) is 6.42 Å². The summed E-state index contributed by atoms with van der Waals surface area (Å²) in [6.07, 6.45) is 67.0. The number of aliphatic hydroxyl groups is 2. The Bertz CT molecular complexity index is 1170. The van der Waals surface area contributed by atoms with Crippen LogP contribution in [0.1, 0.15) is 284 Å². The van der Waals surface area contributed by atoms with Crippen LogP contribution in [0.4, 0.5) is 0 Å². The zero-order valence-corrected chi connectivity index (χ0v) is 43.8. The molecular formula is C60H109NO5. The number of hydrogen-bond donors (Lipinski definition) is 3. The number of unbranched alkanes of at least 4 members (excludes halogenated alkanes) is 32. The molecule has 0 radical (unpaired) electrons. The quantitative estimate of drug-likeness (QED) is 0.0244. The van der Waals surface area contributed by atoms with Crippen molar-refractivity contribution in [2.24, 2.45) is 0 Å². The molecule has 3 N–H and O–H groups in total. The van der Waals surface area contributed by atoms with Crippen molar-refractivity contribution >= 4 is 11.9 Å². The van der Waals surface area contributed by atoms with Crippen molar-refractivity contribution in [1.82, 2.24) is 5.32 Å². The van der Waals surface area contributed by atoms with Gasteiger partial charge in [-0.3, -0.25) is 9.59 Å². The fourth-order valence-electron chi connectivity index (χ4n) is 8.56. The summed E-state index contributed by atoms with van der Waals surface area (Å²) in [5.41, 5.74) is 0. The third-order valence-corrected chi connectivity index (χ3v) is 12.9. The molecule has 0 aromatic rings. The van der Waals surface area contributed by atoms with E-state index in [9.17, 15) is 19.8 Å². The van der Waals surface area contributed by atoms with E-state index in [1.165, 1.54) is 148 Å². The Hall–Kier alpha value is -2.44. The van der Waals surface area contributed by atoms with E-state index in [2.05, 4.69) is 86.8 Å². The van der Waals surface area contributed by atoms with Crippen molar-refractivity contribution in [3.8, 4) is 0 Å². The molecule has 0 heterocycles. The summed E-state index contributed by atoms with van der Waals surface area (Å²) in [6.45, 7) is 6.45. The van der Waals surface area contributed by atoms with Gasteiger partial charge >= 0.3 is 5.97 Å². The van der Waals surface area contributed by atoms with E-state index in [1.807, 2.05) is 0 Å². The first-order valence-corrected chi connectivity index (χ1v) is 28.6. The summed E-state index contributed by atoms with van der Waals surface area (Å²) in [4.78, 5) is 26.2. The normalized spacial score (nSPS) is 13.6. The summed E-state index contributed by atoms with van der Waals surface area (Å²) in [5.74, 6) is -0.502. The van der Waals surface area contributed by atoms with E-state index in [0.29, 0.717) is 19.3 Å². The van der Waals surface area contributed by atoms with Crippen LogP contribution in [0.15, 0.2) is 60.8 Å². The number of allylic oxidation sites excluding steroid dienone is 10. The molecule has 0 saturated heterocycles. The molecule has 1 amide bonds. The van der Waals surface area contributed by atoms with Crippen LogP contribution in [-0.4, -0.2) is 46.9 Å². The van der Waals surface area contributed by atoms with Gasteiger partial charge in [-0.15, -0.1) is 0 Å². The largest absolute Gasteiger partial charge is 0.462 e. The lowest BCUT2D eigenvalue weighted by Crippen LogP contribution is -2.46. The monoisotopic (exact) mass is 924 g/mol. The van der Waals surface area contributed by atoms with E-state index in [1.54, 1.807) is 0 Å². The average Bonchev–Trinajstić information content (AvgIpc) is 3.31. The van der Waals surface area contributed by atoms with Gasteiger partial charge in [0.25, 0.3) is 0 Å². The fraction of sp³-hybridized carbons (Fsp3) is 0.800.